The number of fused-ring (bicyclic) bond motifs is 1. The molecule has 2 aromatic rings. The molecule has 0 saturated heterocycles. The molecule has 0 radical (unpaired) electrons. The molecule has 2 aromatic carbocycles. The SMILES string of the molecule is CCOC(=O)C=C(O)c1cccc2ccccc12. The number of ether oxygens (including phenoxy) is 1. The number of hydrogen-bond donors (Lipinski definition) is 1. The number of carbonyl (C=O) groups is 1. The lowest BCUT2D eigenvalue weighted by Gasteiger charge is -2.05. The van der Waals surface area contributed by atoms with Gasteiger partial charge in [-0.15, -0.1) is 0 Å². The predicted octanol–water partition coefficient (Wildman–Crippen LogP) is 3.30. The second kappa shape index (κ2) is 5.36. The third-order valence-corrected chi connectivity index (χ3v) is 2.61. The lowest BCUT2D eigenvalue weighted by Crippen LogP contribution is -2.01. The summed E-state index contributed by atoms with van der Waals surface area (Å²) in [5.41, 5.74) is 0.626. The van der Waals surface area contributed by atoms with Gasteiger partial charge < -0.3 is 9.84 Å². The average Bonchev–Trinajstić information content (AvgIpc) is 2.38. The first-order valence-corrected chi connectivity index (χ1v) is 5.78. The number of rotatable bonds is 3. The Bertz CT molecular complexity index is 594. The van der Waals surface area contributed by atoms with E-state index in [1.54, 1.807) is 13.0 Å². The summed E-state index contributed by atoms with van der Waals surface area (Å²) in [6, 6.07) is 13.2. The molecule has 0 bridgehead atoms. The van der Waals surface area contributed by atoms with Crippen LogP contribution in [-0.2, 0) is 9.53 Å². The van der Waals surface area contributed by atoms with Crippen LogP contribution in [0.2, 0.25) is 0 Å². The molecule has 0 fully saturated rings. The van der Waals surface area contributed by atoms with Crippen LogP contribution in [0, 0.1) is 0 Å². The van der Waals surface area contributed by atoms with Crippen LogP contribution in [0.25, 0.3) is 16.5 Å². The van der Waals surface area contributed by atoms with Gasteiger partial charge in [0, 0.05) is 5.56 Å². The van der Waals surface area contributed by atoms with Gasteiger partial charge in [0.15, 0.2) is 0 Å². The van der Waals surface area contributed by atoms with Crippen LogP contribution in [0.5, 0.6) is 0 Å². The molecule has 0 aliphatic heterocycles. The molecular weight excluding hydrogens is 228 g/mol. The first kappa shape index (κ1) is 12.2. The van der Waals surface area contributed by atoms with E-state index in [9.17, 15) is 9.90 Å². The Labute approximate surface area is 105 Å². The first-order chi connectivity index (χ1) is 8.72. The van der Waals surface area contributed by atoms with Gasteiger partial charge in [-0.1, -0.05) is 42.5 Å². The topological polar surface area (TPSA) is 46.5 Å². The van der Waals surface area contributed by atoms with Crippen molar-refractivity contribution in [3.05, 3.63) is 54.1 Å². The molecule has 0 spiro atoms. The fourth-order valence-electron chi connectivity index (χ4n) is 1.82. The Morgan fingerprint density at radius 2 is 1.94 bits per heavy atom. The zero-order valence-electron chi connectivity index (χ0n) is 10.1. The number of aliphatic hydroxyl groups excluding tert-OH is 1. The van der Waals surface area contributed by atoms with Gasteiger partial charge in [-0.25, -0.2) is 4.79 Å². The zero-order chi connectivity index (χ0) is 13.0. The maximum Gasteiger partial charge on any atom is 0.334 e. The van der Waals surface area contributed by atoms with Crippen molar-refractivity contribution < 1.29 is 14.6 Å². The van der Waals surface area contributed by atoms with Crippen LogP contribution >= 0.6 is 0 Å². The molecule has 0 amide bonds. The number of carbonyl (C=O) groups excluding carboxylic acids is 1. The summed E-state index contributed by atoms with van der Waals surface area (Å²) in [5.74, 6) is -0.617. The lowest BCUT2D eigenvalue weighted by atomic mass is 10.0. The molecule has 0 aliphatic rings. The summed E-state index contributed by atoms with van der Waals surface area (Å²) in [5, 5.41) is 11.9. The largest absolute Gasteiger partial charge is 0.507 e. The molecule has 0 saturated carbocycles. The zero-order valence-corrected chi connectivity index (χ0v) is 10.1. The average molecular weight is 242 g/mol. The predicted molar refractivity (Wildman–Crippen MR) is 71.2 cm³/mol. The number of esters is 1. The van der Waals surface area contributed by atoms with Gasteiger partial charge >= 0.3 is 5.97 Å². The second-order valence-corrected chi connectivity index (χ2v) is 3.81. The number of hydrogen-bond acceptors (Lipinski definition) is 3. The van der Waals surface area contributed by atoms with E-state index >= 15 is 0 Å². The number of aliphatic hydroxyl groups is 1. The molecule has 92 valence electrons. The molecule has 0 unspecified atom stereocenters. The van der Waals surface area contributed by atoms with Gasteiger partial charge in [0.05, 0.1) is 12.7 Å². The van der Waals surface area contributed by atoms with Gasteiger partial charge in [0.25, 0.3) is 0 Å². The third-order valence-electron chi connectivity index (χ3n) is 2.61. The monoisotopic (exact) mass is 242 g/mol. The van der Waals surface area contributed by atoms with E-state index in [2.05, 4.69) is 0 Å². The van der Waals surface area contributed by atoms with Crippen molar-refractivity contribution in [2.24, 2.45) is 0 Å². The Morgan fingerprint density at radius 1 is 1.22 bits per heavy atom. The van der Waals surface area contributed by atoms with Gasteiger partial charge in [-0.3, -0.25) is 0 Å². The Balaban J connectivity index is 2.45. The summed E-state index contributed by atoms with van der Waals surface area (Å²) in [7, 11) is 0. The van der Waals surface area contributed by atoms with Crippen molar-refractivity contribution >= 4 is 22.5 Å². The summed E-state index contributed by atoms with van der Waals surface area (Å²) in [4.78, 5) is 11.3. The summed E-state index contributed by atoms with van der Waals surface area (Å²) >= 11 is 0. The van der Waals surface area contributed by atoms with Crippen LogP contribution in [0.3, 0.4) is 0 Å². The number of benzene rings is 2. The molecule has 0 atom stereocenters. The van der Waals surface area contributed by atoms with E-state index in [4.69, 9.17) is 4.74 Å². The maximum absolute atomic E-state index is 11.3. The van der Waals surface area contributed by atoms with E-state index in [1.165, 1.54) is 0 Å². The molecule has 0 aromatic heterocycles. The summed E-state index contributed by atoms with van der Waals surface area (Å²) in [6.45, 7) is 2.01. The minimum Gasteiger partial charge on any atom is -0.507 e. The quantitative estimate of drug-likeness (QED) is 0.510. The minimum atomic E-state index is -0.539. The highest BCUT2D eigenvalue weighted by atomic mass is 16.5. The van der Waals surface area contributed by atoms with Crippen molar-refractivity contribution in [2.75, 3.05) is 6.61 Å². The van der Waals surface area contributed by atoms with E-state index in [-0.39, 0.29) is 12.4 Å². The smallest absolute Gasteiger partial charge is 0.334 e. The Morgan fingerprint density at radius 3 is 2.72 bits per heavy atom. The highest BCUT2D eigenvalue weighted by Gasteiger charge is 2.07. The molecule has 0 aliphatic carbocycles. The van der Waals surface area contributed by atoms with Crippen molar-refractivity contribution in [3.63, 3.8) is 0 Å². The van der Waals surface area contributed by atoms with Crippen LogP contribution in [0.1, 0.15) is 12.5 Å². The van der Waals surface area contributed by atoms with Crippen LogP contribution in [-0.4, -0.2) is 17.7 Å². The highest BCUT2D eigenvalue weighted by Crippen LogP contribution is 2.23. The molecule has 1 N–H and O–H groups in total. The Kier molecular flexibility index (Phi) is 3.63. The normalized spacial score (nSPS) is 11.5. The molecule has 2 rings (SSSR count). The van der Waals surface area contributed by atoms with Gasteiger partial charge in [0.2, 0.25) is 0 Å². The van der Waals surface area contributed by atoms with E-state index in [0.29, 0.717) is 5.56 Å². The standard InChI is InChI=1S/C15H14O3/c1-2-18-15(17)10-14(16)13-9-5-7-11-6-3-4-8-12(11)13/h3-10,16H,2H2,1H3. The van der Waals surface area contributed by atoms with Crippen molar-refractivity contribution in [1.29, 1.82) is 0 Å². The maximum atomic E-state index is 11.3. The molecule has 3 nitrogen and oxygen atoms in total. The van der Waals surface area contributed by atoms with E-state index in [0.717, 1.165) is 16.8 Å². The van der Waals surface area contributed by atoms with Crippen molar-refractivity contribution in [3.8, 4) is 0 Å². The fraction of sp³-hybridized carbons (Fsp3) is 0.133. The minimum absolute atomic E-state index is 0.0785. The van der Waals surface area contributed by atoms with E-state index in [1.807, 2.05) is 36.4 Å². The summed E-state index contributed by atoms with van der Waals surface area (Å²) < 4.78 is 4.77. The molecule has 3 heteroatoms. The van der Waals surface area contributed by atoms with Crippen LogP contribution < -0.4 is 0 Å². The lowest BCUT2D eigenvalue weighted by molar-refractivity contribution is -0.137. The summed E-state index contributed by atoms with van der Waals surface area (Å²) in [6.07, 6.45) is 1.10. The van der Waals surface area contributed by atoms with Crippen molar-refractivity contribution in [2.45, 2.75) is 6.92 Å². The third kappa shape index (κ3) is 2.51. The molecular formula is C15H14O3. The van der Waals surface area contributed by atoms with Gasteiger partial charge in [-0.2, -0.15) is 0 Å². The second-order valence-electron chi connectivity index (χ2n) is 3.81. The Hall–Kier alpha value is -2.29. The van der Waals surface area contributed by atoms with E-state index < -0.39 is 5.97 Å². The fourth-order valence-corrected chi connectivity index (χ4v) is 1.82. The molecule has 18 heavy (non-hydrogen) atoms. The van der Waals surface area contributed by atoms with Gasteiger partial charge in [0.1, 0.15) is 5.76 Å². The van der Waals surface area contributed by atoms with Crippen LogP contribution in [0.4, 0.5) is 0 Å². The molecule has 0 heterocycles. The van der Waals surface area contributed by atoms with Crippen molar-refractivity contribution in [1.82, 2.24) is 0 Å². The highest BCUT2D eigenvalue weighted by molar-refractivity contribution is 5.97. The van der Waals surface area contributed by atoms with Crippen LogP contribution in [0.15, 0.2) is 48.5 Å². The first-order valence-electron chi connectivity index (χ1n) is 5.78. The van der Waals surface area contributed by atoms with Gasteiger partial charge in [-0.05, 0) is 17.7 Å².